The van der Waals surface area contributed by atoms with Crippen LogP contribution in [0.15, 0.2) is 30.3 Å². The lowest BCUT2D eigenvalue weighted by Crippen LogP contribution is -2.58. The number of rotatable bonds is 1. The summed E-state index contributed by atoms with van der Waals surface area (Å²) in [6, 6.07) is 9.94. The third kappa shape index (κ3) is 2.20. The Morgan fingerprint density at radius 3 is 2.70 bits per heavy atom. The Morgan fingerprint density at radius 2 is 2.00 bits per heavy atom. The second kappa shape index (κ2) is 4.63. The molecule has 20 heavy (non-hydrogen) atoms. The maximum atomic E-state index is 12.6. The molecular weight excluding hydrogens is 250 g/mol. The third-order valence-corrected chi connectivity index (χ3v) is 4.36. The number of hydrogen-bond acceptors (Lipinski definition) is 2. The molecule has 1 amide bonds. The van der Waals surface area contributed by atoms with E-state index in [4.69, 9.17) is 0 Å². The highest BCUT2D eigenvalue weighted by Crippen LogP contribution is 2.22. The lowest BCUT2D eigenvalue weighted by molar-refractivity contribution is 0.0308. The van der Waals surface area contributed by atoms with Crippen molar-refractivity contribution < 1.29 is 4.79 Å². The first-order valence-corrected chi connectivity index (χ1v) is 7.06. The van der Waals surface area contributed by atoms with Crippen LogP contribution in [0.4, 0.5) is 0 Å². The van der Waals surface area contributed by atoms with Gasteiger partial charge in [0.25, 0.3) is 5.91 Å². The van der Waals surface area contributed by atoms with Crippen molar-refractivity contribution in [2.45, 2.75) is 19.4 Å². The number of nitrogens with one attached hydrogen (secondary N) is 1. The number of hydrogen-bond donors (Lipinski definition) is 1. The molecule has 4 nitrogen and oxygen atoms in total. The number of carbonyl (C=O) groups is 1. The number of para-hydroxylation sites is 1. The van der Waals surface area contributed by atoms with Crippen molar-refractivity contribution >= 4 is 16.8 Å². The monoisotopic (exact) mass is 271 g/mol. The fourth-order valence-corrected chi connectivity index (χ4v) is 2.77. The number of H-pyrrole nitrogens is 1. The van der Waals surface area contributed by atoms with Crippen molar-refractivity contribution in [3.8, 4) is 0 Å². The van der Waals surface area contributed by atoms with Gasteiger partial charge in [-0.05, 0) is 33.0 Å². The molecule has 3 rings (SSSR count). The summed E-state index contributed by atoms with van der Waals surface area (Å²) in [5.74, 6) is 0.0994. The first kappa shape index (κ1) is 13.2. The topological polar surface area (TPSA) is 39.3 Å². The van der Waals surface area contributed by atoms with Gasteiger partial charge in [0.2, 0.25) is 0 Å². The number of fused-ring (bicyclic) bond motifs is 1. The molecule has 0 unspecified atom stereocenters. The molecule has 0 bridgehead atoms. The van der Waals surface area contributed by atoms with Gasteiger partial charge in [0.1, 0.15) is 5.69 Å². The van der Waals surface area contributed by atoms with Crippen LogP contribution in [0.3, 0.4) is 0 Å². The zero-order valence-corrected chi connectivity index (χ0v) is 12.3. The first-order valence-electron chi connectivity index (χ1n) is 7.06. The number of benzene rings is 1. The van der Waals surface area contributed by atoms with Crippen LogP contribution in [-0.4, -0.2) is 52.9 Å². The maximum Gasteiger partial charge on any atom is 0.270 e. The van der Waals surface area contributed by atoms with E-state index >= 15 is 0 Å². The Morgan fingerprint density at radius 1 is 1.25 bits per heavy atom. The molecule has 0 radical (unpaired) electrons. The SMILES string of the molecule is CN1CCN(C(=O)c2cc3ccccc3[nH]2)CC1(C)C. The summed E-state index contributed by atoms with van der Waals surface area (Å²) in [6.07, 6.45) is 0. The molecule has 0 atom stereocenters. The fraction of sp³-hybridized carbons (Fsp3) is 0.438. The van der Waals surface area contributed by atoms with Crippen LogP contribution >= 0.6 is 0 Å². The lowest BCUT2D eigenvalue weighted by atomic mass is 9.99. The summed E-state index contributed by atoms with van der Waals surface area (Å²) in [5.41, 5.74) is 1.73. The van der Waals surface area contributed by atoms with Gasteiger partial charge in [-0.3, -0.25) is 9.69 Å². The van der Waals surface area contributed by atoms with E-state index in [2.05, 4.69) is 30.8 Å². The van der Waals surface area contributed by atoms with Crippen LogP contribution in [-0.2, 0) is 0 Å². The highest BCUT2D eigenvalue weighted by Gasteiger charge is 2.33. The number of aromatic amines is 1. The smallest absolute Gasteiger partial charge is 0.270 e. The van der Waals surface area contributed by atoms with Crippen molar-refractivity contribution in [3.63, 3.8) is 0 Å². The largest absolute Gasteiger partial charge is 0.351 e. The van der Waals surface area contributed by atoms with Gasteiger partial charge < -0.3 is 9.88 Å². The number of aromatic nitrogens is 1. The molecule has 4 heteroatoms. The first-order chi connectivity index (χ1) is 9.47. The minimum Gasteiger partial charge on any atom is -0.351 e. The van der Waals surface area contributed by atoms with E-state index in [0.29, 0.717) is 5.69 Å². The molecule has 1 fully saturated rings. The number of likely N-dealkylation sites (N-methyl/N-ethyl adjacent to an activating group) is 1. The second-order valence-electron chi connectivity index (χ2n) is 6.23. The Bertz CT molecular complexity index is 611. The molecule has 1 aliphatic heterocycles. The van der Waals surface area contributed by atoms with Crippen LogP contribution in [0.1, 0.15) is 24.3 Å². The zero-order chi connectivity index (χ0) is 14.3. The molecule has 106 valence electrons. The van der Waals surface area contributed by atoms with E-state index in [1.165, 1.54) is 0 Å². The average molecular weight is 271 g/mol. The van der Waals surface area contributed by atoms with Crippen molar-refractivity contribution in [1.29, 1.82) is 0 Å². The molecule has 1 N–H and O–H groups in total. The molecule has 0 spiro atoms. The number of nitrogens with zero attached hydrogens (tertiary/aromatic N) is 2. The molecule has 0 aliphatic carbocycles. The van der Waals surface area contributed by atoms with E-state index in [1.807, 2.05) is 35.2 Å². The summed E-state index contributed by atoms with van der Waals surface area (Å²) in [7, 11) is 2.12. The predicted molar refractivity (Wildman–Crippen MR) is 80.9 cm³/mol. The van der Waals surface area contributed by atoms with E-state index in [1.54, 1.807) is 0 Å². The van der Waals surface area contributed by atoms with Gasteiger partial charge >= 0.3 is 0 Å². The third-order valence-electron chi connectivity index (χ3n) is 4.36. The molecular formula is C16H21N3O. The van der Waals surface area contributed by atoms with Crippen LogP contribution in [0, 0.1) is 0 Å². The highest BCUT2D eigenvalue weighted by atomic mass is 16.2. The van der Waals surface area contributed by atoms with Gasteiger partial charge in [0, 0.05) is 36.1 Å². The minimum atomic E-state index is 0.0277. The van der Waals surface area contributed by atoms with Crippen LogP contribution in [0.5, 0.6) is 0 Å². The molecule has 2 aromatic rings. The fourth-order valence-electron chi connectivity index (χ4n) is 2.77. The molecule has 1 saturated heterocycles. The Kier molecular flexibility index (Phi) is 3.05. The number of amides is 1. The van der Waals surface area contributed by atoms with Gasteiger partial charge in [-0.25, -0.2) is 0 Å². The van der Waals surface area contributed by atoms with Crippen molar-refractivity contribution in [1.82, 2.24) is 14.8 Å². The number of carbonyl (C=O) groups excluding carboxylic acids is 1. The number of piperazine rings is 1. The zero-order valence-electron chi connectivity index (χ0n) is 12.3. The van der Waals surface area contributed by atoms with Crippen molar-refractivity contribution in [2.75, 3.05) is 26.7 Å². The summed E-state index contributed by atoms with van der Waals surface area (Å²) in [6.45, 7) is 6.82. The van der Waals surface area contributed by atoms with E-state index in [9.17, 15) is 4.79 Å². The van der Waals surface area contributed by atoms with Crippen LogP contribution < -0.4 is 0 Å². The van der Waals surface area contributed by atoms with Gasteiger partial charge in [-0.2, -0.15) is 0 Å². The molecule has 2 heterocycles. The van der Waals surface area contributed by atoms with Gasteiger partial charge in [0.05, 0.1) is 0 Å². The predicted octanol–water partition coefficient (Wildman–Crippen LogP) is 2.33. The average Bonchev–Trinajstić information content (AvgIpc) is 2.84. The quantitative estimate of drug-likeness (QED) is 0.864. The minimum absolute atomic E-state index is 0.0277. The highest BCUT2D eigenvalue weighted by molar-refractivity contribution is 5.98. The summed E-state index contributed by atoms with van der Waals surface area (Å²) < 4.78 is 0. The van der Waals surface area contributed by atoms with Crippen LogP contribution in [0.2, 0.25) is 0 Å². The summed E-state index contributed by atoms with van der Waals surface area (Å²) >= 11 is 0. The Hall–Kier alpha value is -1.81. The molecule has 0 saturated carbocycles. The van der Waals surface area contributed by atoms with E-state index in [-0.39, 0.29) is 11.4 Å². The standard InChI is InChI=1S/C16H21N3O/c1-16(2)11-19(9-8-18(16)3)15(20)14-10-12-6-4-5-7-13(12)17-14/h4-7,10,17H,8-9,11H2,1-3H3. The van der Waals surface area contributed by atoms with E-state index < -0.39 is 0 Å². The second-order valence-corrected chi connectivity index (χ2v) is 6.23. The van der Waals surface area contributed by atoms with Gasteiger partial charge in [-0.15, -0.1) is 0 Å². The Labute approximate surface area is 119 Å². The normalized spacial score (nSPS) is 19.4. The molecule has 1 aliphatic rings. The van der Waals surface area contributed by atoms with Crippen molar-refractivity contribution in [3.05, 3.63) is 36.0 Å². The van der Waals surface area contributed by atoms with Crippen LogP contribution in [0.25, 0.3) is 10.9 Å². The molecule has 1 aromatic heterocycles. The maximum absolute atomic E-state index is 12.6. The summed E-state index contributed by atoms with van der Waals surface area (Å²) in [5, 5.41) is 1.09. The summed E-state index contributed by atoms with van der Waals surface area (Å²) in [4.78, 5) is 20.1. The van der Waals surface area contributed by atoms with E-state index in [0.717, 1.165) is 30.5 Å². The van der Waals surface area contributed by atoms with Gasteiger partial charge in [0.15, 0.2) is 0 Å². The molecule has 1 aromatic carbocycles. The lowest BCUT2D eigenvalue weighted by Gasteiger charge is -2.45. The van der Waals surface area contributed by atoms with Crippen molar-refractivity contribution in [2.24, 2.45) is 0 Å². The van der Waals surface area contributed by atoms with Gasteiger partial charge in [-0.1, -0.05) is 18.2 Å². The Balaban J connectivity index is 1.85.